The van der Waals surface area contributed by atoms with Gasteiger partial charge < -0.3 is 9.72 Å². The topological polar surface area (TPSA) is 76.2 Å². The number of aromatic amines is 1. The number of allylic oxidation sites excluding steroid dienone is 2. The lowest BCUT2D eigenvalue weighted by Gasteiger charge is -2.13. The largest absolute Gasteiger partial charge is 0.454 e. The Kier molecular flexibility index (Phi) is 5.19. The zero-order valence-electron chi connectivity index (χ0n) is 14.1. The van der Waals surface area contributed by atoms with Gasteiger partial charge in [0.15, 0.2) is 11.9 Å². The highest BCUT2D eigenvalue weighted by Gasteiger charge is 2.26. The number of ether oxygens (including phenoxy) is 1. The number of ketones is 2. The molecule has 1 aliphatic rings. The van der Waals surface area contributed by atoms with Crippen LogP contribution < -0.4 is 0 Å². The smallest absolute Gasteiger partial charge is 0.307 e. The van der Waals surface area contributed by atoms with Crippen LogP contribution in [0, 0.1) is 19.8 Å². The van der Waals surface area contributed by atoms with Gasteiger partial charge >= 0.3 is 5.97 Å². The number of rotatable bonds is 6. The second-order valence-corrected chi connectivity index (χ2v) is 6.15. The van der Waals surface area contributed by atoms with Crippen molar-refractivity contribution in [1.29, 1.82) is 0 Å². The Morgan fingerprint density at radius 2 is 2.04 bits per heavy atom. The molecule has 5 heteroatoms. The Morgan fingerprint density at radius 3 is 2.57 bits per heavy atom. The van der Waals surface area contributed by atoms with Crippen LogP contribution in [0.25, 0.3) is 0 Å². The maximum absolute atomic E-state index is 12.5. The number of carbonyl (C=O) groups excluding carboxylic acids is 3. The molecule has 0 unspecified atom stereocenters. The molecule has 0 aliphatic heterocycles. The van der Waals surface area contributed by atoms with Gasteiger partial charge in [-0.25, -0.2) is 0 Å². The zero-order valence-corrected chi connectivity index (χ0v) is 14.1. The van der Waals surface area contributed by atoms with Gasteiger partial charge in [0, 0.05) is 11.3 Å². The minimum atomic E-state index is -0.871. The van der Waals surface area contributed by atoms with Crippen LogP contribution in [0.3, 0.4) is 0 Å². The van der Waals surface area contributed by atoms with E-state index in [-0.39, 0.29) is 23.5 Å². The van der Waals surface area contributed by atoms with Gasteiger partial charge in [0.05, 0.1) is 12.1 Å². The summed E-state index contributed by atoms with van der Waals surface area (Å²) in [5, 5.41) is 0. The van der Waals surface area contributed by atoms with Crippen molar-refractivity contribution in [1.82, 2.24) is 4.98 Å². The van der Waals surface area contributed by atoms with E-state index in [2.05, 4.69) is 11.1 Å². The molecule has 2 atom stereocenters. The molecule has 2 rings (SSSR count). The fourth-order valence-electron chi connectivity index (χ4n) is 3.11. The number of hydrogen-bond acceptors (Lipinski definition) is 4. The van der Waals surface area contributed by atoms with Gasteiger partial charge in [-0.3, -0.25) is 14.4 Å². The molecule has 1 heterocycles. The van der Waals surface area contributed by atoms with Crippen molar-refractivity contribution < 1.29 is 19.1 Å². The number of aryl methyl sites for hydroxylation is 1. The highest BCUT2D eigenvalue weighted by atomic mass is 16.5. The zero-order chi connectivity index (χ0) is 17.1. The molecule has 23 heavy (non-hydrogen) atoms. The van der Waals surface area contributed by atoms with E-state index in [1.165, 1.54) is 6.92 Å². The fraction of sp³-hybridized carbons (Fsp3) is 0.500. The highest BCUT2D eigenvalue weighted by Crippen LogP contribution is 2.23. The van der Waals surface area contributed by atoms with E-state index in [4.69, 9.17) is 4.74 Å². The van der Waals surface area contributed by atoms with E-state index >= 15 is 0 Å². The first-order valence-corrected chi connectivity index (χ1v) is 7.91. The summed E-state index contributed by atoms with van der Waals surface area (Å²) < 4.78 is 5.27. The molecule has 0 saturated carbocycles. The molecule has 0 fully saturated rings. The molecule has 0 radical (unpaired) electrons. The minimum absolute atomic E-state index is 0.0898. The molecular formula is C18H23NO4. The summed E-state index contributed by atoms with van der Waals surface area (Å²) in [6, 6.07) is 0. The van der Waals surface area contributed by atoms with Crippen molar-refractivity contribution in [3.05, 3.63) is 34.7 Å². The SMILES string of the molecule is CC(=O)c1c(C)[nH]c(C(=O)[C@H](C)OC(=O)C[C@@H]2C=CCC2)c1C. The number of hydrogen-bond donors (Lipinski definition) is 1. The fourth-order valence-corrected chi connectivity index (χ4v) is 3.11. The summed E-state index contributed by atoms with van der Waals surface area (Å²) in [5.74, 6) is -0.555. The van der Waals surface area contributed by atoms with Crippen LogP contribution in [0.5, 0.6) is 0 Å². The lowest BCUT2D eigenvalue weighted by atomic mass is 10.0. The summed E-state index contributed by atoms with van der Waals surface area (Å²) in [6.45, 7) is 6.51. The Bertz CT molecular complexity index is 669. The monoisotopic (exact) mass is 317 g/mol. The van der Waals surface area contributed by atoms with Crippen molar-refractivity contribution in [2.24, 2.45) is 5.92 Å². The summed E-state index contributed by atoms with van der Waals surface area (Å²) in [4.78, 5) is 39.0. The van der Waals surface area contributed by atoms with Gasteiger partial charge in [-0.2, -0.15) is 0 Å². The molecule has 0 amide bonds. The Morgan fingerprint density at radius 1 is 1.35 bits per heavy atom. The summed E-state index contributed by atoms with van der Waals surface area (Å²) in [6.07, 6.45) is 5.45. The van der Waals surface area contributed by atoms with Crippen LogP contribution in [0.1, 0.15) is 65.2 Å². The lowest BCUT2D eigenvalue weighted by Crippen LogP contribution is -2.26. The van der Waals surface area contributed by atoms with Gasteiger partial charge in [0.1, 0.15) is 0 Å². The minimum Gasteiger partial charge on any atom is -0.454 e. The molecule has 124 valence electrons. The number of H-pyrrole nitrogens is 1. The number of aromatic nitrogens is 1. The molecule has 5 nitrogen and oxygen atoms in total. The van der Waals surface area contributed by atoms with Crippen LogP contribution in [0.4, 0.5) is 0 Å². The van der Waals surface area contributed by atoms with Gasteiger partial charge in [0.2, 0.25) is 5.78 Å². The predicted octanol–water partition coefficient (Wildman–Crippen LogP) is 3.30. The molecule has 0 aromatic carbocycles. The first-order chi connectivity index (χ1) is 10.8. The number of nitrogens with one attached hydrogen (secondary N) is 1. The first kappa shape index (κ1) is 17.2. The van der Waals surface area contributed by atoms with Gasteiger partial charge in [-0.15, -0.1) is 0 Å². The number of carbonyl (C=O) groups is 3. The molecule has 0 saturated heterocycles. The molecule has 0 bridgehead atoms. The van der Waals surface area contributed by atoms with Crippen LogP contribution in [-0.4, -0.2) is 28.6 Å². The third-order valence-corrected chi connectivity index (χ3v) is 4.25. The lowest BCUT2D eigenvalue weighted by molar-refractivity contribution is -0.147. The maximum atomic E-state index is 12.5. The molecule has 0 spiro atoms. The summed E-state index contributed by atoms with van der Waals surface area (Å²) in [7, 11) is 0. The van der Waals surface area contributed by atoms with Crippen LogP contribution in [0.15, 0.2) is 12.2 Å². The van der Waals surface area contributed by atoms with E-state index in [9.17, 15) is 14.4 Å². The molecule has 1 aromatic heterocycles. The van der Waals surface area contributed by atoms with E-state index in [1.807, 2.05) is 6.08 Å². The highest BCUT2D eigenvalue weighted by molar-refractivity contribution is 6.05. The van der Waals surface area contributed by atoms with E-state index in [0.717, 1.165) is 12.8 Å². The second kappa shape index (κ2) is 6.94. The maximum Gasteiger partial charge on any atom is 0.307 e. The van der Waals surface area contributed by atoms with Gasteiger partial charge in [-0.05, 0) is 52.0 Å². The van der Waals surface area contributed by atoms with E-state index in [1.54, 1.807) is 20.8 Å². The van der Waals surface area contributed by atoms with Gasteiger partial charge in [-0.1, -0.05) is 12.2 Å². The Balaban J connectivity index is 2.05. The van der Waals surface area contributed by atoms with Crippen molar-refractivity contribution in [3.63, 3.8) is 0 Å². The Hall–Kier alpha value is -2.17. The van der Waals surface area contributed by atoms with Gasteiger partial charge in [0.25, 0.3) is 0 Å². The number of esters is 1. The second-order valence-electron chi connectivity index (χ2n) is 6.15. The Labute approximate surface area is 136 Å². The van der Waals surface area contributed by atoms with Crippen LogP contribution in [0.2, 0.25) is 0 Å². The van der Waals surface area contributed by atoms with Crippen molar-refractivity contribution in [2.45, 2.75) is 53.1 Å². The van der Waals surface area contributed by atoms with E-state index in [0.29, 0.717) is 28.9 Å². The third kappa shape index (κ3) is 3.78. The van der Waals surface area contributed by atoms with Crippen LogP contribution in [-0.2, 0) is 9.53 Å². The first-order valence-electron chi connectivity index (χ1n) is 7.91. The quantitative estimate of drug-likeness (QED) is 0.496. The number of Topliss-reactive ketones (excluding diaryl/α,β-unsaturated/α-hetero) is 2. The van der Waals surface area contributed by atoms with Crippen LogP contribution >= 0.6 is 0 Å². The summed E-state index contributed by atoms with van der Waals surface area (Å²) >= 11 is 0. The normalized spacial score (nSPS) is 18.0. The molecule has 1 aliphatic carbocycles. The van der Waals surface area contributed by atoms with Crippen molar-refractivity contribution >= 4 is 17.5 Å². The average Bonchev–Trinajstić information content (AvgIpc) is 3.05. The molecule has 1 N–H and O–H groups in total. The predicted molar refractivity (Wildman–Crippen MR) is 86.6 cm³/mol. The van der Waals surface area contributed by atoms with Crippen molar-refractivity contribution in [3.8, 4) is 0 Å². The molecule has 1 aromatic rings. The third-order valence-electron chi connectivity index (χ3n) is 4.25. The average molecular weight is 317 g/mol. The van der Waals surface area contributed by atoms with E-state index < -0.39 is 6.10 Å². The molecular weight excluding hydrogens is 294 g/mol. The standard InChI is InChI=1S/C18H23NO4/c1-10-16(12(3)20)11(2)19-17(10)18(22)13(4)23-15(21)9-14-7-5-6-8-14/h5,7,13-14,19H,6,8-9H2,1-4H3/t13-,14+/m0/s1. The summed E-state index contributed by atoms with van der Waals surface area (Å²) in [5.41, 5.74) is 2.14. The van der Waals surface area contributed by atoms with Crippen molar-refractivity contribution in [2.75, 3.05) is 0 Å².